The Bertz CT molecular complexity index is 709. The molecular formula is C20H27F3N2O2. The molecule has 0 unspecified atom stereocenters. The van der Waals surface area contributed by atoms with Gasteiger partial charge in [-0.1, -0.05) is 57.5 Å². The summed E-state index contributed by atoms with van der Waals surface area (Å²) >= 11 is 0. The third kappa shape index (κ3) is 2.54. The maximum Gasteiger partial charge on any atom is 0.422 e. The molecule has 4 atom stereocenters. The Balaban J connectivity index is 2.28. The molecule has 1 saturated carbocycles. The summed E-state index contributed by atoms with van der Waals surface area (Å²) < 4.78 is 43.5. The van der Waals surface area contributed by atoms with E-state index in [9.17, 15) is 23.2 Å². The van der Waals surface area contributed by atoms with Crippen LogP contribution < -0.4 is 0 Å². The van der Waals surface area contributed by atoms with Gasteiger partial charge in [-0.2, -0.15) is 13.2 Å². The van der Waals surface area contributed by atoms with Crippen molar-refractivity contribution in [1.29, 1.82) is 0 Å². The third-order valence-electron chi connectivity index (χ3n) is 6.50. The number of rotatable bonds is 2. The third-order valence-corrected chi connectivity index (χ3v) is 6.50. The molecule has 1 saturated heterocycles. The zero-order valence-corrected chi connectivity index (χ0v) is 16.1. The number of hydrogen-bond acceptors (Lipinski definition) is 3. The molecule has 1 aromatic rings. The molecule has 1 heterocycles. The molecule has 0 radical (unpaired) electrons. The first-order valence-electron chi connectivity index (χ1n) is 9.41. The highest BCUT2D eigenvalue weighted by molar-refractivity contribution is 5.91. The van der Waals surface area contributed by atoms with Crippen LogP contribution >= 0.6 is 0 Å². The zero-order valence-electron chi connectivity index (χ0n) is 16.1. The molecule has 0 aromatic heterocycles. The van der Waals surface area contributed by atoms with E-state index in [1.54, 1.807) is 6.07 Å². The molecule has 150 valence electrons. The minimum absolute atomic E-state index is 0.0159. The number of hydrogen-bond donors (Lipinski definition) is 1. The van der Waals surface area contributed by atoms with Crippen LogP contribution in [0.5, 0.6) is 0 Å². The average molecular weight is 384 g/mol. The summed E-state index contributed by atoms with van der Waals surface area (Å²) in [5, 5.41) is 11.6. The maximum atomic E-state index is 14.5. The highest BCUT2D eigenvalue weighted by Gasteiger charge is 2.77. The van der Waals surface area contributed by atoms with Crippen molar-refractivity contribution in [2.45, 2.75) is 57.4 Å². The van der Waals surface area contributed by atoms with Crippen LogP contribution in [0.25, 0.3) is 0 Å². The molecule has 7 heteroatoms. The molecule has 2 aliphatic rings. The molecule has 2 fully saturated rings. The molecule has 1 spiro atoms. The molecule has 1 aromatic carbocycles. The summed E-state index contributed by atoms with van der Waals surface area (Å²) in [6, 6.07) is 7.03. The van der Waals surface area contributed by atoms with E-state index in [-0.39, 0.29) is 23.3 Å². The first-order valence-corrected chi connectivity index (χ1v) is 9.41. The Morgan fingerprint density at radius 1 is 1.19 bits per heavy atom. The number of hydroxylamine groups is 2. The van der Waals surface area contributed by atoms with Crippen molar-refractivity contribution in [1.82, 2.24) is 9.96 Å². The van der Waals surface area contributed by atoms with E-state index < -0.39 is 23.3 Å². The number of carbonyl (C=O) groups is 1. The second-order valence-electron chi connectivity index (χ2n) is 8.37. The summed E-state index contributed by atoms with van der Waals surface area (Å²) in [6.07, 6.45) is -3.14. The van der Waals surface area contributed by atoms with E-state index in [1.165, 1.54) is 31.3 Å². The van der Waals surface area contributed by atoms with Crippen LogP contribution in [0.1, 0.15) is 45.6 Å². The molecule has 27 heavy (non-hydrogen) atoms. The molecular weight excluding hydrogens is 357 g/mol. The van der Waals surface area contributed by atoms with Crippen LogP contribution in [0.15, 0.2) is 30.3 Å². The average Bonchev–Trinajstić information content (AvgIpc) is 2.75. The van der Waals surface area contributed by atoms with Crippen molar-refractivity contribution in [3.05, 3.63) is 35.9 Å². The fraction of sp³-hybridized carbons (Fsp3) is 0.650. The predicted octanol–water partition coefficient (Wildman–Crippen LogP) is 4.40. The molecule has 1 aliphatic heterocycles. The number of nitrogens with zero attached hydrogens (tertiary/aromatic N) is 2. The van der Waals surface area contributed by atoms with Gasteiger partial charge in [-0.25, -0.2) is 0 Å². The van der Waals surface area contributed by atoms with Crippen LogP contribution in [-0.2, 0) is 10.3 Å². The quantitative estimate of drug-likeness (QED) is 0.822. The Morgan fingerprint density at radius 3 is 2.30 bits per heavy atom. The maximum absolute atomic E-state index is 14.5. The van der Waals surface area contributed by atoms with Gasteiger partial charge in [0.05, 0.1) is 0 Å². The van der Waals surface area contributed by atoms with Crippen LogP contribution in [0, 0.1) is 17.8 Å². The van der Waals surface area contributed by atoms with Gasteiger partial charge in [0.15, 0.2) is 0 Å². The fourth-order valence-electron chi connectivity index (χ4n) is 5.23. The highest BCUT2D eigenvalue weighted by atomic mass is 19.4. The van der Waals surface area contributed by atoms with Crippen LogP contribution in [-0.4, -0.2) is 40.0 Å². The van der Waals surface area contributed by atoms with Gasteiger partial charge in [0.1, 0.15) is 5.66 Å². The Morgan fingerprint density at radius 2 is 1.78 bits per heavy atom. The fourth-order valence-corrected chi connectivity index (χ4v) is 5.23. The molecule has 0 bridgehead atoms. The number of amides is 1. The summed E-state index contributed by atoms with van der Waals surface area (Å²) in [5.74, 6) is -1.27. The second-order valence-corrected chi connectivity index (χ2v) is 8.37. The number of benzene rings is 1. The first kappa shape index (κ1) is 20.1. The van der Waals surface area contributed by atoms with Crippen molar-refractivity contribution >= 4 is 5.91 Å². The van der Waals surface area contributed by atoms with E-state index in [2.05, 4.69) is 0 Å². The molecule has 3 rings (SSSR count). The van der Waals surface area contributed by atoms with Gasteiger partial charge in [-0.15, -0.1) is 5.06 Å². The van der Waals surface area contributed by atoms with Gasteiger partial charge < -0.3 is 10.1 Å². The van der Waals surface area contributed by atoms with Crippen molar-refractivity contribution in [2.75, 3.05) is 7.05 Å². The Hall–Kier alpha value is -1.60. The van der Waals surface area contributed by atoms with Gasteiger partial charge in [0.25, 0.3) is 5.91 Å². The normalized spacial score (nSPS) is 35.4. The minimum Gasteiger partial charge on any atom is -0.323 e. The topological polar surface area (TPSA) is 43.8 Å². The van der Waals surface area contributed by atoms with Gasteiger partial charge in [-0.3, -0.25) is 4.79 Å². The summed E-state index contributed by atoms with van der Waals surface area (Å²) in [7, 11) is 1.40. The summed E-state index contributed by atoms with van der Waals surface area (Å²) in [4.78, 5) is 14.4. The largest absolute Gasteiger partial charge is 0.422 e. The van der Waals surface area contributed by atoms with Crippen molar-refractivity contribution in [2.24, 2.45) is 17.8 Å². The van der Waals surface area contributed by atoms with Crippen LogP contribution in [0.3, 0.4) is 0 Å². The predicted molar refractivity (Wildman–Crippen MR) is 94.6 cm³/mol. The van der Waals surface area contributed by atoms with Crippen molar-refractivity contribution < 1.29 is 23.2 Å². The monoisotopic (exact) mass is 384 g/mol. The number of halogens is 3. The van der Waals surface area contributed by atoms with E-state index in [0.29, 0.717) is 17.9 Å². The number of alkyl halides is 3. The first-order chi connectivity index (χ1) is 12.5. The smallest absolute Gasteiger partial charge is 0.323 e. The SMILES string of the molecule is CC(C)[C@@H]1CC[C@@H](C)C[C@@]12N(C)C(=O)[C@@](c1ccccc1)(C(F)(F)F)N2O. The van der Waals surface area contributed by atoms with Gasteiger partial charge in [0.2, 0.25) is 5.54 Å². The second kappa shape index (κ2) is 6.48. The standard InChI is InChI=1S/C20H27F3N2O2/c1-13(2)16-11-10-14(3)12-18(16)24(4)17(26)19(25(18)27,20(21,22)23)15-8-6-5-7-9-15/h5-9,13-14,16,27H,10-12H2,1-4H3/t14-,16+,18+,19+/m1/s1. The Kier molecular flexibility index (Phi) is 4.84. The molecule has 4 nitrogen and oxygen atoms in total. The van der Waals surface area contributed by atoms with E-state index >= 15 is 0 Å². The lowest BCUT2D eigenvalue weighted by Gasteiger charge is -2.52. The highest BCUT2D eigenvalue weighted by Crippen LogP contribution is 2.59. The molecule has 1 amide bonds. The lowest BCUT2D eigenvalue weighted by atomic mass is 9.69. The van der Waals surface area contributed by atoms with Gasteiger partial charge in [0, 0.05) is 13.0 Å². The van der Waals surface area contributed by atoms with Crippen LogP contribution in [0.2, 0.25) is 0 Å². The Labute approximate surface area is 157 Å². The zero-order chi connectivity index (χ0) is 20.2. The minimum atomic E-state index is -4.97. The summed E-state index contributed by atoms with van der Waals surface area (Å²) in [5.41, 5.74) is -4.73. The van der Waals surface area contributed by atoms with Gasteiger partial charge >= 0.3 is 6.18 Å². The lowest BCUT2D eigenvalue weighted by molar-refractivity contribution is -0.332. The van der Waals surface area contributed by atoms with E-state index in [4.69, 9.17) is 0 Å². The number of likely N-dealkylation sites (N-methyl/N-ethyl adjacent to an activating group) is 1. The molecule has 1 aliphatic carbocycles. The lowest BCUT2D eigenvalue weighted by Crippen LogP contribution is -2.64. The van der Waals surface area contributed by atoms with E-state index in [0.717, 1.165) is 11.3 Å². The summed E-state index contributed by atoms with van der Waals surface area (Å²) in [6.45, 7) is 5.83. The van der Waals surface area contributed by atoms with Crippen molar-refractivity contribution in [3.63, 3.8) is 0 Å². The van der Waals surface area contributed by atoms with Crippen molar-refractivity contribution in [3.8, 4) is 0 Å². The van der Waals surface area contributed by atoms with E-state index in [1.807, 2.05) is 20.8 Å². The van der Waals surface area contributed by atoms with Crippen LogP contribution in [0.4, 0.5) is 13.2 Å². The molecule has 1 N–H and O–H groups in total. The van der Waals surface area contributed by atoms with Gasteiger partial charge in [-0.05, 0) is 30.2 Å². The number of carbonyl (C=O) groups excluding carboxylic acids is 1.